The van der Waals surface area contributed by atoms with Gasteiger partial charge >= 0.3 is 11.9 Å². The fourth-order valence-corrected chi connectivity index (χ4v) is 3.70. The average molecular weight is 431 g/mol. The number of ether oxygens (including phenoxy) is 2. The summed E-state index contributed by atoms with van der Waals surface area (Å²) in [6.07, 6.45) is 0. The van der Waals surface area contributed by atoms with Crippen LogP contribution in [0.25, 0.3) is 16.6 Å². The summed E-state index contributed by atoms with van der Waals surface area (Å²) in [5.41, 5.74) is 2.84. The fraction of sp³-hybridized carbons (Fsp3) is 0.300. The Kier molecular flexibility index (Phi) is 6.78. The maximum Gasteiger partial charge on any atom is 0.345 e. The van der Waals surface area contributed by atoms with E-state index in [4.69, 9.17) is 14.0 Å². The van der Waals surface area contributed by atoms with E-state index in [9.17, 15) is 14.7 Å². The van der Waals surface area contributed by atoms with Crippen molar-refractivity contribution in [2.45, 2.75) is 19.6 Å². The molecule has 2 aromatic heterocycles. The number of carbonyl (C=O) groups excluding carboxylic acids is 2. The number of nitrogens with zero attached hydrogens (tertiary/aromatic N) is 2. The monoisotopic (exact) mass is 431 g/mol. The van der Waals surface area contributed by atoms with Gasteiger partial charge in [0.25, 0.3) is 0 Å². The Balaban J connectivity index is 1.64. The van der Waals surface area contributed by atoms with Crippen LogP contribution in [0.15, 0.2) is 34.5 Å². The first-order valence-corrected chi connectivity index (χ1v) is 10.2. The van der Waals surface area contributed by atoms with E-state index in [2.05, 4.69) is 15.1 Å². The van der Waals surface area contributed by atoms with E-state index in [-0.39, 0.29) is 17.2 Å². The molecule has 0 atom stereocenters. The zero-order valence-corrected chi connectivity index (χ0v) is 17.5. The Bertz CT molecular complexity index is 1050. The summed E-state index contributed by atoms with van der Waals surface area (Å²) in [4.78, 5) is 31.5. The van der Waals surface area contributed by atoms with Crippen molar-refractivity contribution in [3.63, 3.8) is 0 Å². The first-order chi connectivity index (χ1) is 14.4. The molecule has 3 aromatic rings. The minimum Gasteiger partial charge on any atom is -0.508 e. The summed E-state index contributed by atoms with van der Waals surface area (Å²) < 4.78 is 14.9. The molecule has 2 N–H and O–H groups in total. The van der Waals surface area contributed by atoms with E-state index in [1.165, 1.54) is 18.9 Å². The van der Waals surface area contributed by atoms with Gasteiger partial charge in [-0.2, -0.15) is 0 Å². The minimum absolute atomic E-state index is 0.0650. The van der Waals surface area contributed by atoms with Crippen LogP contribution in [0, 0.1) is 13.8 Å². The standard InChI is InChI=1S/C20H21N3O6S/c1-11-13(12(2)29-23-11)9-30-10-17(25)28-8-16(24)18(20(26)27-3)19-21-14-6-4-5-7-15(14)22-19/h4-7,24H,8-10H2,1-3H3,(H,21,22)/b18-16+. The number of aromatic nitrogens is 3. The molecule has 3 rings (SSSR count). The lowest BCUT2D eigenvalue weighted by Crippen LogP contribution is -2.15. The van der Waals surface area contributed by atoms with Crippen LogP contribution in [0.5, 0.6) is 0 Å². The van der Waals surface area contributed by atoms with Crippen LogP contribution in [0.3, 0.4) is 0 Å². The molecule has 9 nitrogen and oxygen atoms in total. The summed E-state index contributed by atoms with van der Waals surface area (Å²) in [7, 11) is 1.19. The number of esters is 2. The fourth-order valence-electron chi connectivity index (χ4n) is 2.73. The molecule has 1 aromatic carbocycles. The Hall–Kier alpha value is -3.27. The normalized spacial score (nSPS) is 12.0. The topological polar surface area (TPSA) is 128 Å². The third-order valence-electron chi connectivity index (χ3n) is 4.32. The Morgan fingerprint density at radius 1 is 1.27 bits per heavy atom. The highest BCUT2D eigenvalue weighted by molar-refractivity contribution is 7.99. The number of hydrogen-bond acceptors (Lipinski definition) is 9. The number of rotatable bonds is 8. The summed E-state index contributed by atoms with van der Waals surface area (Å²) >= 11 is 1.34. The molecule has 0 unspecified atom stereocenters. The average Bonchev–Trinajstić information content (AvgIpc) is 3.30. The molecule has 158 valence electrons. The highest BCUT2D eigenvalue weighted by Crippen LogP contribution is 2.22. The number of aromatic amines is 1. The van der Waals surface area contributed by atoms with Crippen molar-refractivity contribution in [1.82, 2.24) is 15.1 Å². The van der Waals surface area contributed by atoms with Crippen LogP contribution < -0.4 is 0 Å². The molecule has 2 heterocycles. The molecule has 0 saturated heterocycles. The number of hydrogen-bond donors (Lipinski definition) is 2. The van der Waals surface area contributed by atoms with Gasteiger partial charge in [0, 0.05) is 11.3 Å². The van der Waals surface area contributed by atoms with E-state index in [0.717, 1.165) is 11.3 Å². The largest absolute Gasteiger partial charge is 0.508 e. The number of aryl methyl sites for hydroxylation is 2. The number of benzene rings is 1. The van der Waals surface area contributed by atoms with Crippen molar-refractivity contribution in [1.29, 1.82) is 0 Å². The third-order valence-corrected chi connectivity index (χ3v) is 5.25. The Morgan fingerprint density at radius 2 is 2.03 bits per heavy atom. The molecule has 10 heteroatoms. The van der Waals surface area contributed by atoms with E-state index in [0.29, 0.717) is 22.5 Å². The zero-order valence-electron chi connectivity index (χ0n) is 16.7. The first-order valence-electron chi connectivity index (χ1n) is 9.01. The van der Waals surface area contributed by atoms with Gasteiger partial charge in [-0.05, 0) is 26.0 Å². The number of H-pyrrole nitrogens is 1. The number of aliphatic hydroxyl groups is 1. The number of imidazole rings is 1. The van der Waals surface area contributed by atoms with E-state index in [1.807, 2.05) is 19.9 Å². The molecule has 0 fully saturated rings. The van der Waals surface area contributed by atoms with Gasteiger partial charge in [0.05, 0.1) is 29.6 Å². The van der Waals surface area contributed by atoms with Crippen molar-refractivity contribution in [2.24, 2.45) is 0 Å². The number of aliphatic hydroxyl groups excluding tert-OH is 1. The minimum atomic E-state index is -0.796. The maximum absolute atomic E-state index is 12.2. The molecular weight excluding hydrogens is 410 g/mol. The number of para-hydroxylation sites is 2. The number of nitrogens with one attached hydrogen (secondary N) is 1. The van der Waals surface area contributed by atoms with Crippen LogP contribution in [0.1, 0.15) is 22.8 Å². The second kappa shape index (κ2) is 9.49. The lowest BCUT2D eigenvalue weighted by molar-refractivity contribution is -0.140. The third kappa shape index (κ3) is 4.82. The number of carbonyl (C=O) groups is 2. The molecular formula is C20H21N3O6S. The molecule has 0 amide bonds. The van der Waals surface area contributed by atoms with Gasteiger partial charge in [0.1, 0.15) is 29.5 Å². The number of fused-ring (bicyclic) bond motifs is 1. The van der Waals surface area contributed by atoms with Gasteiger partial charge in [-0.15, -0.1) is 11.8 Å². The molecule has 0 radical (unpaired) electrons. The highest BCUT2D eigenvalue weighted by atomic mass is 32.2. The van der Waals surface area contributed by atoms with Gasteiger partial charge in [-0.1, -0.05) is 17.3 Å². The molecule has 0 aliphatic carbocycles. The van der Waals surface area contributed by atoms with Crippen molar-refractivity contribution in [2.75, 3.05) is 19.5 Å². The molecule has 0 aliphatic heterocycles. The SMILES string of the molecule is COC(=O)/C(=C(/O)COC(=O)CSCc1c(C)noc1C)c1nc2ccccc2[nH]1. The summed E-state index contributed by atoms with van der Waals surface area (Å²) in [5.74, 6) is -0.334. The van der Waals surface area contributed by atoms with Gasteiger partial charge in [-0.3, -0.25) is 4.79 Å². The predicted octanol–water partition coefficient (Wildman–Crippen LogP) is 3.09. The predicted molar refractivity (Wildman–Crippen MR) is 111 cm³/mol. The first kappa shape index (κ1) is 21.4. The summed E-state index contributed by atoms with van der Waals surface area (Å²) in [5, 5.41) is 14.3. The molecule has 0 saturated carbocycles. The van der Waals surface area contributed by atoms with E-state index >= 15 is 0 Å². The van der Waals surface area contributed by atoms with Crippen molar-refractivity contribution < 1.29 is 28.7 Å². The highest BCUT2D eigenvalue weighted by Gasteiger charge is 2.23. The van der Waals surface area contributed by atoms with Gasteiger partial charge in [0.15, 0.2) is 0 Å². The van der Waals surface area contributed by atoms with Crippen molar-refractivity contribution >= 4 is 40.3 Å². The molecule has 0 aliphatic rings. The lowest BCUT2D eigenvalue weighted by atomic mass is 10.2. The van der Waals surface area contributed by atoms with Crippen LogP contribution in [0.4, 0.5) is 0 Å². The second-order valence-corrected chi connectivity index (χ2v) is 7.36. The number of thioether (sulfide) groups is 1. The van der Waals surface area contributed by atoms with Crippen LogP contribution in [-0.4, -0.2) is 51.6 Å². The van der Waals surface area contributed by atoms with E-state index < -0.39 is 24.3 Å². The molecule has 0 spiro atoms. The van der Waals surface area contributed by atoms with Gasteiger partial charge in [-0.25, -0.2) is 9.78 Å². The lowest BCUT2D eigenvalue weighted by Gasteiger charge is -2.08. The zero-order chi connectivity index (χ0) is 21.7. The van der Waals surface area contributed by atoms with Gasteiger partial charge in [0.2, 0.25) is 0 Å². The quantitative estimate of drug-likeness (QED) is 0.314. The molecule has 0 bridgehead atoms. The Morgan fingerprint density at radius 3 is 2.70 bits per heavy atom. The van der Waals surface area contributed by atoms with Crippen LogP contribution >= 0.6 is 11.8 Å². The molecule has 30 heavy (non-hydrogen) atoms. The second-order valence-electron chi connectivity index (χ2n) is 6.37. The maximum atomic E-state index is 12.2. The van der Waals surface area contributed by atoms with Crippen LogP contribution in [0.2, 0.25) is 0 Å². The smallest absolute Gasteiger partial charge is 0.345 e. The van der Waals surface area contributed by atoms with Crippen molar-refractivity contribution in [3.8, 4) is 0 Å². The Labute approximate surface area is 176 Å². The van der Waals surface area contributed by atoms with Gasteiger partial charge < -0.3 is 24.1 Å². The van der Waals surface area contributed by atoms with E-state index in [1.54, 1.807) is 18.2 Å². The van der Waals surface area contributed by atoms with Crippen molar-refractivity contribution in [3.05, 3.63) is 52.9 Å². The van der Waals surface area contributed by atoms with Crippen LogP contribution in [-0.2, 0) is 24.8 Å². The summed E-state index contributed by atoms with van der Waals surface area (Å²) in [6.45, 7) is 3.16. The number of methoxy groups -OCH3 is 1. The summed E-state index contributed by atoms with van der Waals surface area (Å²) in [6, 6.07) is 7.16.